The molecular weight excluding hydrogens is 270 g/mol. The molecule has 0 atom stereocenters. The lowest BCUT2D eigenvalue weighted by atomic mass is 9.81. The summed E-state index contributed by atoms with van der Waals surface area (Å²) in [5.74, 6) is 0.772. The average molecular weight is 287 g/mol. The number of carbonyl (C=O) groups is 1. The van der Waals surface area contributed by atoms with Crippen LogP contribution in [0.4, 0.5) is 0 Å². The Morgan fingerprint density at radius 2 is 2.10 bits per heavy atom. The van der Waals surface area contributed by atoms with Gasteiger partial charge in [0, 0.05) is 19.3 Å². The fourth-order valence-electron chi connectivity index (χ4n) is 2.83. The summed E-state index contributed by atoms with van der Waals surface area (Å²) in [7, 11) is 0. The molecule has 2 aromatic heterocycles. The summed E-state index contributed by atoms with van der Waals surface area (Å²) in [6.07, 6.45) is 9.62. The highest BCUT2D eigenvalue weighted by molar-refractivity contribution is 5.74. The number of hydrogen-bond acceptors (Lipinski definition) is 6. The summed E-state index contributed by atoms with van der Waals surface area (Å²) < 4.78 is 5.30. The number of amides is 1. The van der Waals surface area contributed by atoms with E-state index in [4.69, 9.17) is 4.52 Å². The first kappa shape index (κ1) is 13.7. The highest BCUT2D eigenvalue weighted by Gasteiger charge is 2.39. The van der Waals surface area contributed by atoms with Crippen molar-refractivity contribution in [1.29, 1.82) is 0 Å². The van der Waals surface area contributed by atoms with Crippen LogP contribution in [-0.2, 0) is 10.3 Å². The number of aromatic nitrogens is 4. The van der Waals surface area contributed by atoms with Crippen LogP contribution in [0, 0.1) is 0 Å². The molecule has 110 valence electrons. The SMILES string of the molecule is CC(=O)NC1(c2noc(-c3cnccn3)n2)CCCCC1. The summed E-state index contributed by atoms with van der Waals surface area (Å²) in [5.41, 5.74) is 0.0126. The molecular formula is C14H17N5O2. The number of nitrogens with one attached hydrogen (secondary N) is 1. The molecule has 1 aliphatic carbocycles. The molecule has 7 heteroatoms. The van der Waals surface area contributed by atoms with Gasteiger partial charge in [0.05, 0.1) is 6.20 Å². The van der Waals surface area contributed by atoms with Crippen LogP contribution in [-0.4, -0.2) is 26.0 Å². The zero-order valence-electron chi connectivity index (χ0n) is 11.9. The van der Waals surface area contributed by atoms with Crippen LogP contribution in [0.3, 0.4) is 0 Å². The maximum absolute atomic E-state index is 11.5. The van der Waals surface area contributed by atoms with Crippen molar-refractivity contribution in [2.24, 2.45) is 0 Å². The monoisotopic (exact) mass is 287 g/mol. The van der Waals surface area contributed by atoms with E-state index >= 15 is 0 Å². The summed E-state index contributed by atoms with van der Waals surface area (Å²) in [5, 5.41) is 7.09. The van der Waals surface area contributed by atoms with Gasteiger partial charge in [0.2, 0.25) is 5.91 Å². The van der Waals surface area contributed by atoms with Crippen LogP contribution in [0.25, 0.3) is 11.6 Å². The Balaban J connectivity index is 1.93. The summed E-state index contributed by atoms with van der Waals surface area (Å²) in [4.78, 5) is 24.1. The predicted octanol–water partition coefficient (Wildman–Crippen LogP) is 1.82. The lowest BCUT2D eigenvalue weighted by Gasteiger charge is -2.34. The standard InChI is InChI=1S/C14H17N5O2/c1-10(20)18-14(5-3-2-4-6-14)13-17-12(21-19-13)11-9-15-7-8-16-11/h7-9H,2-6H2,1H3,(H,18,20). The first-order valence-corrected chi connectivity index (χ1v) is 7.09. The minimum absolute atomic E-state index is 0.0808. The highest BCUT2D eigenvalue weighted by Crippen LogP contribution is 2.36. The van der Waals surface area contributed by atoms with Gasteiger partial charge in [-0.05, 0) is 12.8 Å². The van der Waals surface area contributed by atoms with Gasteiger partial charge in [0.25, 0.3) is 5.89 Å². The van der Waals surface area contributed by atoms with Crippen LogP contribution >= 0.6 is 0 Å². The third-order valence-electron chi connectivity index (χ3n) is 3.76. The zero-order valence-corrected chi connectivity index (χ0v) is 11.9. The Morgan fingerprint density at radius 1 is 1.29 bits per heavy atom. The van der Waals surface area contributed by atoms with Crippen molar-refractivity contribution in [3.05, 3.63) is 24.4 Å². The second-order valence-electron chi connectivity index (χ2n) is 5.34. The van der Waals surface area contributed by atoms with Crippen molar-refractivity contribution in [3.63, 3.8) is 0 Å². The van der Waals surface area contributed by atoms with E-state index in [1.807, 2.05) is 0 Å². The van der Waals surface area contributed by atoms with Gasteiger partial charge in [-0.3, -0.25) is 9.78 Å². The Hall–Kier alpha value is -2.31. The number of hydrogen-bond donors (Lipinski definition) is 1. The molecule has 1 amide bonds. The fourth-order valence-corrected chi connectivity index (χ4v) is 2.83. The van der Waals surface area contributed by atoms with Crippen molar-refractivity contribution in [2.45, 2.75) is 44.6 Å². The van der Waals surface area contributed by atoms with E-state index in [-0.39, 0.29) is 5.91 Å². The van der Waals surface area contributed by atoms with E-state index in [2.05, 4.69) is 25.4 Å². The molecule has 3 rings (SSSR count). The molecule has 0 bridgehead atoms. The van der Waals surface area contributed by atoms with Gasteiger partial charge < -0.3 is 9.84 Å². The largest absolute Gasteiger partial charge is 0.343 e. The Morgan fingerprint density at radius 3 is 2.76 bits per heavy atom. The lowest BCUT2D eigenvalue weighted by Crippen LogP contribution is -2.47. The second-order valence-corrected chi connectivity index (χ2v) is 5.34. The van der Waals surface area contributed by atoms with Crippen LogP contribution in [0.5, 0.6) is 0 Å². The lowest BCUT2D eigenvalue weighted by molar-refractivity contribution is -0.121. The third kappa shape index (κ3) is 2.76. The van der Waals surface area contributed by atoms with Crippen LogP contribution in [0.1, 0.15) is 44.9 Å². The fraction of sp³-hybridized carbons (Fsp3) is 0.500. The van der Waals surface area contributed by atoms with E-state index in [1.165, 1.54) is 6.92 Å². The maximum Gasteiger partial charge on any atom is 0.278 e. The molecule has 21 heavy (non-hydrogen) atoms. The van der Waals surface area contributed by atoms with Gasteiger partial charge in [-0.25, -0.2) is 4.98 Å². The molecule has 0 aliphatic heterocycles. The Labute approximate surface area is 122 Å². The number of rotatable bonds is 3. The van der Waals surface area contributed by atoms with Gasteiger partial charge in [0.1, 0.15) is 11.2 Å². The number of nitrogens with zero attached hydrogens (tertiary/aromatic N) is 4. The molecule has 0 aromatic carbocycles. The molecule has 0 spiro atoms. The van der Waals surface area contributed by atoms with Crippen molar-refractivity contribution < 1.29 is 9.32 Å². The van der Waals surface area contributed by atoms with Gasteiger partial charge in [-0.1, -0.05) is 24.4 Å². The van der Waals surface area contributed by atoms with Gasteiger partial charge in [-0.2, -0.15) is 4.98 Å². The van der Waals surface area contributed by atoms with Gasteiger partial charge >= 0.3 is 0 Å². The van der Waals surface area contributed by atoms with Crippen molar-refractivity contribution in [3.8, 4) is 11.6 Å². The quantitative estimate of drug-likeness (QED) is 0.925. The van der Waals surface area contributed by atoms with Gasteiger partial charge in [0.15, 0.2) is 5.82 Å². The molecule has 2 aromatic rings. The molecule has 0 saturated heterocycles. The van der Waals surface area contributed by atoms with E-state index in [0.29, 0.717) is 17.4 Å². The number of carbonyl (C=O) groups excluding carboxylic acids is 1. The minimum Gasteiger partial charge on any atom is -0.343 e. The van der Waals surface area contributed by atoms with Crippen molar-refractivity contribution >= 4 is 5.91 Å². The molecule has 1 fully saturated rings. The summed E-state index contributed by atoms with van der Waals surface area (Å²) in [6, 6.07) is 0. The van der Waals surface area contributed by atoms with Crippen molar-refractivity contribution in [1.82, 2.24) is 25.4 Å². The smallest absolute Gasteiger partial charge is 0.278 e. The normalized spacial score (nSPS) is 17.4. The highest BCUT2D eigenvalue weighted by atomic mass is 16.5. The summed E-state index contributed by atoms with van der Waals surface area (Å²) >= 11 is 0. The van der Waals surface area contributed by atoms with E-state index in [9.17, 15) is 4.79 Å². The van der Waals surface area contributed by atoms with E-state index in [0.717, 1.165) is 32.1 Å². The van der Waals surface area contributed by atoms with Gasteiger partial charge in [-0.15, -0.1) is 0 Å². The summed E-state index contributed by atoms with van der Waals surface area (Å²) in [6.45, 7) is 1.51. The first-order valence-electron chi connectivity index (χ1n) is 7.09. The molecule has 1 N–H and O–H groups in total. The third-order valence-corrected chi connectivity index (χ3v) is 3.76. The predicted molar refractivity (Wildman–Crippen MR) is 73.9 cm³/mol. The minimum atomic E-state index is -0.520. The molecule has 2 heterocycles. The van der Waals surface area contributed by atoms with E-state index < -0.39 is 5.54 Å². The second kappa shape index (κ2) is 5.59. The van der Waals surface area contributed by atoms with Crippen LogP contribution < -0.4 is 5.32 Å². The topological polar surface area (TPSA) is 93.8 Å². The van der Waals surface area contributed by atoms with Crippen molar-refractivity contribution in [2.75, 3.05) is 0 Å². The van der Waals surface area contributed by atoms with Crippen LogP contribution in [0.2, 0.25) is 0 Å². The Kier molecular flexibility index (Phi) is 3.64. The molecule has 0 radical (unpaired) electrons. The Bertz CT molecular complexity index is 619. The molecule has 7 nitrogen and oxygen atoms in total. The molecule has 0 unspecified atom stereocenters. The molecule has 1 saturated carbocycles. The maximum atomic E-state index is 11.5. The first-order chi connectivity index (χ1) is 10.2. The van der Waals surface area contributed by atoms with Crippen LogP contribution in [0.15, 0.2) is 23.1 Å². The zero-order chi connectivity index (χ0) is 14.7. The molecule has 1 aliphatic rings. The van der Waals surface area contributed by atoms with E-state index in [1.54, 1.807) is 18.6 Å². The average Bonchev–Trinajstić information content (AvgIpc) is 2.99.